The number of benzene rings is 1. The van der Waals surface area contributed by atoms with Crippen molar-refractivity contribution in [3.05, 3.63) is 59.7 Å². The van der Waals surface area contributed by atoms with Crippen LogP contribution < -0.4 is 5.32 Å². The fourth-order valence-electron chi connectivity index (χ4n) is 2.56. The van der Waals surface area contributed by atoms with Gasteiger partial charge in [-0.25, -0.2) is 14.9 Å². The first-order chi connectivity index (χ1) is 13.6. The second kappa shape index (κ2) is 8.96. The zero-order valence-corrected chi connectivity index (χ0v) is 15.2. The van der Waals surface area contributed by atoms with E-state index < -0.39 is 0 Å². The van der Waals surface area contributed by atoms with Crippen LogP contribution in [-0.2, 0) is 11.4 Å². The summed E-state index contributed by atoms with van der Waals surface area (Å²) in [7, 11) is 0. The molecule has 2 aromatic heterocycles. The molecular weight excluding hydrogens is 363 g/mol. The summed E-state index contributed by atoms with van der Waals surface area (Å²) >= 11 is 0. The summed E-state index contributed by atoms with van der Waals surface area (Å²) in [5, 5.41) is 19.9. The summed E-state index contributed by atoms with van der Waals surface area (Å²) in [6.45, 7) is 1.81. The first-order valence-corrected chi connectivity index (χ1v) is 8.55. The molecule has 8 nitrogen and oxygen atoms in total. The number of rotatable bonds is 8. The van der Waals surface area contributed by atoms with Crippen LogP contribution in [0.1, 0.15) is 18.2 Å². The number of hydrogen-bond donors (Lipinski definition) is 3. The number of aliphatic hydroxyl groups is 1. The molecule has 0 fully saturated rings. The van der Waals surface area contributed by atoms with Crippen molar-refractivity contribution >= 4 is 28.1 Å². The highest BCUT2D eigenvalue weighted by Gasteiger charge is 2.10. The summed E-state index contributed by atoms with van der Waals surface area (Å²) in [6, 6.07) is 10.0. The Morgan fingerprint density at radius 1 is 1.32 bits per heavy atom. The van der Waals surface area contributed by atoms with Crippen molar-refractivity contribution in [1.82, 2.24) is 9.97 Å². The molecule has 3 N–H and O–H groups in total. The van der Waals surface area contributed by atoms with Crippen LogP contribution in [-0.4, -0.2) is 34.0 Å². The monoisotopic (exact) mass is 382 g/mol. The number of oxime groups is 1. The number of halogens is 1. The molecule has 28 heavy (non-hydrogen) atoms. The lowest BCUT2D eigenvalue weighted by Crippen LogP contribution is -2.07. The predicted octanol–water partition coefficient (Wildman–Crippen LogP) is 3.78. The van der Waals surface area contributed by atoms with E-state index in [1.807, 2.05) is 6.07 Å². The van der Waals surface area contributed by atoms with Crippen LogP contribution in [0.15, 0.2) is 52.9 Å². The molecule has 0 saturated carbocycles. The zero-order chi connectivity index (χ0) is 19.9. The van der Waals surface area contributed by atoms with Crippen molar-refractivity contribution in [1.29, 1.82) is 5.53 Å². The quantitative estimate of drug-likeness (QED) is 0.237. The number of pyridine rings is 2. The Balaban J connectivity index is 1.83. The van der Waals surface area contributed by atoms with Gasteiger partial charge in [0.05, 0.1) is 17.8 Å². The highest BCUT2D eigenvalue weighted by Crippen LogP contribution is 2.25. The van der Waals surface area contributed by atoms with E-state index in [0.717, 1.165) is 5.39 Å². The maximum Gasteiger partial charge on any atom is 0.154 e. The van der Waals surface area contributed by atoms with Crippen molar-refractivity contribution in [2.45, 2.75) is 13.5 Å². The van der Waals surface area contributed by atoms with Gasteiger partial charge in [-0.15, -0.1) is 0 Å². The third-order valence-electron chi connectivity index (χ3n) is 3.97. The Kier molecular flexibility index (Phi) is 6.18. The van der Waals surface area contributed by atoms with E-state index in [0.29, 0.717) is 34.0 Å². The number of aliphatic hydroxyl groups excluding tert-OH is 1. The first kappa shape index (κ1) is 19.3. The molecule has 0 aliphatic heterocycles. The Bertz CT molecular complexity index is 1020. The number of anilines is 1. The van der Waals surface area contributed by atoms with Gasteiger partial charge in [0.25, 0.3) is 0 Å². The molecule has 0 atom stereocenters. The van der Waals surface area contributed by atoms with Crippen LogP contribution in [0.5, 0.6) is 0 Å². The van der Waals surface area contributed by atoms with Gasteiger partial charge in [-0.05, 0) is 31.2 Å². The number of nitrogens with one attached hydrogen (secondary N) is 2. The van der Waals surface area contributed by atoms with Crippen LogP contribution in [0.3, 0.4) is 0 Å². The molecule has 144 valence electrons. The van der Waals surface area contributed by atoms with E-state index in [9.17, 15) is 4.39 Å². The molecule has 3 rings (SSSR count). The normalized spacial score (nSPS) is 11.5. The van der Waals surface area contributed by atoms with Crippen molar-refractivity contribution in [3.63, 3.8) is 0 Å². The van der Waals surface area contributed by atoms with Gasteiger partial charge in [0.1, 0.15) is 23.8 Å². The van der Waals surface area contributed by atoms with Gasteiger partial charge in [-0.1, -0.05) is 11.2 Å². The average Bonchev–Trinajstić information content (AvgIpc) is 2.72. The lowest BCUT2D eigenvalue weighted by molar-refractivity contribution is 0.0986. The average molecular weight is 382 g/mol. The van der Waals surface area contributed by atoms with Gasteiger partial charge < -0.3 is 15.3 Å². The predicted molar refractivity (Wildman–Crippen MR) is 103 cm³/mol. The number of aromatic nitrogens is 2. The van der Waals surface area contributed by atoms with Crippen LogP contribution >= 0.6 is 0 Å². The van der Waals surface area contributed by atoms with E-state index in [1.165, 1.54) is 6.07 Å². The molecule has 9 heteroatoms. The molecule has 2 heterocycles. The summed E-state index contributed by atoms with van der Waals surface area (Å²) in [5.74, 6) is -0.0516. The number of fused-ring (bicyclic) bond motifs is 1. The van der Waals surface area contributed by atoms with E-state index in [-0.39, 0.29) is 25.6 Å². The largest absolute Gasteiger partial charge is 0.393 e. The summed E-state index contributed by atoms with van der Waals surface area (Å²) in [4.78, 5) is 13.5. The molecule has 0 bridgehead atoms. The second-order valence-electron chi connectivity index (χ2n) is 5.90. The third-order valence-corrected chi connectivity index (χ3v) is 3.97. The van der Waals surface area contributed by atoms with Gasteiger partial charge in [-0.3, -0.25) is 4.98 Å². The van der Waals surface area contributed by atoms with Gasteiger partial charge in [-0.2, -0.15) is 5.11 Å². The van der Waals surface area contributed by atoms with Crippen LogP contribution in [0, 0.1) is 11.3 Å². The van der Waals surface area contributed by atoms with E-state index in [1.54, 1.807) is 37.4 Å². The Labute approximate surface area is 160 Å². The van der Waals surface area contributed by atoms with Crippen molar-refractivity contribution in [3.8, 4) is 0 Å². The molecule has 0 unspecified atom stereocenters. The molecule has 1 aromatic carbocycles. The van der Waals surface area contributed by atoms with Gasteiger partial charge in [0, 0.05) is 29.8 Å². The highest BCUT2D eigenvalue weighted by atomic mass is 19.1. The van der Waals surface area contributed by atoms with Gasteiger partial charge in [0.2, 0.25) is 0 Å². The minimum atomic E-state index is -0.380. The van der Waals surface area contributed by atoms with Crippen molar-refractivity contribution in [2.75, 3.05) is 18.5 Å². The SMILES string of the molecule is CC(=NOCCO)c1ccc(N=N)c(NCc2cc3cccnc3cc2F)n1. The van der Waals surface area contributed by atoms with E-state index >= 15 is 0 Å². The maximum atomic E-state index is 14.4. The zero-order valence-electron chi connectivity index (χ0n) is 15.2. The van der Waals surface area contributed by atoms with Crippen molar-refractivity contribution < 1.29 is 14.3 Å². The highest BCUT2D eigenvalue weighted by molar-refractivity contribution is 5.97. The van der Waals surface area contributed by atoms with Gasteiger partial charge in [0.15, 0.2) is 5.82 Å². The van der Waals surface area contributed by atoms with Gasteiger partial charge >= 0.3 is 0 Å². The summed E-state index contributed by atoms with van der Waals surface area (Å²) in [6.07, 6.45) is 1.62. The molecule has 0 saturated heterocycles. The number of nitrogens with zero attached hydrogens (tertiary/aromatic N) is 4. The Morgan fingerprint density at radius 3 is 2.96 bits per heavy atom. The standard InChI is InChI=1S/C19H19FN6O2/c1-12(26-28-8-7-27)16-4-5-17(25-21)19(24-16)23-11-14-9-13-3-2-6-22-18(13)10-15(14)20/h2-6,9-10,21,27H,7-8,11H2,1H3,(H,23,24). The molecule has 3 aromatic rings. The molecule has 0 spiro atoms. The third kappa shape index (κ3) is 4.44. The van der Waals surface area contributed by atoms with Crippen molar-refractivity contribution in [2.24, 2.45) is 10.3 Å². The molecular formula is C19H19FN6O2. The summed E-state index contributed by atoms with van der Waals surface area (Å²) < 4.78 is 14.4. The molecule has 0 aliphatic carbocycles. The topological polar surface area (TPSA) is 116 Å². The van der Waals surface area contributed by atoms with E-state index in [2.05, 4.69) is 25.6 Å². The smallest absolute Gasteiger partial charge is 0.154 e. The molecule has 0 aliphatic rings. The van der Waals surface area contributed by atoms with Crippen LogP contribution in [0.2, 0.25) is 0 Å². The lowest BCUT2D eigenvalue weighted by Gasteiger charge is -2.11. The van der Waals surface area contributed by atoms with Crippen LogP contribution in [0.4, 0.5) is 15.9 Å². The molecule has 0 amide bonds. The Morgan fingerprint density at radius 2 is 2.18 bits per heavy atom. The van der Waals surface area contributed by atoms with E-state index in [4.69, 9.17) is 15.5 Å². The second-order valence-corrected chi connectivity index (χ2v) is 5.90. The fraction of sp³-hybridized carbons (Fsp3) is 0.211. The summed E-state index contributed by atoms with van der Waals surface area (Å²) in [5.41, 5.74) is 9.66. The lowest BCUT2D eigenvalue weighted by atomic mass is 10.1. The Hall–Kier alpha value is -3.46. The first-order valence-electron chi connectivity index (χ1n) is 8.55. The number of hydrogen-bond acceptors (Lipinski definition) is 8. The minimum absolute atomic E-state index is 0.0820. The fourth-order valence-corrected chi connectivity index (χ4v) is 2.56. The maximum absolute atomic E-state index is 14.4. The molecule has 0 radical (unpaired) electrons. The van der Waals surface area contributed by atoms with Crippen LogP contribution in [0.25, 0.3) is 10.9 Å². The minimum Gasteiger partial charge on any atom is -0.393 e.